The van der Waals surface area contributed by atoms with E-state index >= 15 is 0 Å². The first-order valence-corrected chi connectivity index (χ1v) is 5.74. The zero-order chi connectivity index (χ0) is 13.1. The van der Waals surface area contributed by atoms with Crippen LogP contribution in [0.15, 0.2) is 18.2 Å². The van der Waals surface area contributed by atoms with E-state index in [1.54, 1.807) is 6.07 Å². The summed E-state index contributed by atoms with van der Waals surface area (Å²) in [5.41, 5.74) is 5.50. The molecule has 96 valence electrons. The van der Waals surface area contributed by atoms with Gasteiger partial charge in [0.25, 0.3) is 0 Å². The van der Waals surface area contributed by atoms with Crippen molar-refractivity contribution in [2.24, 2.45) is 11.7 Å². The summed E-state index contributed by atoms with van der Waals surface area (Å²) in [6.45, 7) is 0.0238. The van der Waals surface area contributed by atoms with Crippen molar-refractivity contribution in [1.29, 1.82) is 0 Å². The lowest BCUT2D eigenvalue weighted by atomic mass is 10.2. The molecule has 2 N–H and O–H groups in total. The average Bonchev–Trinajstić information content (AvgIpc) is 3.19. The van der Waals surface area contributed by atoms with Crippen LogP contribution in [0.2, 0.25) is 0 Å². The van der Waals surface area contributed by atoms with Crippen molar-refractivity contribution in [3.8, 4) is 11.5 Å². The van der Waals surface area contributed by atoms with Gasteiger partial charge in [-0.1, -0.05) is 0 Å². The van der Waals surface area contributed by atoms with Crippen LogP contribution in [0.25, 0.3) is 0 Å². The average molecular weight is 249 g/mol. The Hall–Kier alpha value is -2.04. The second kappa shape index (κ2) is 5.08. The van der Waals surface area contributed by atoms with E-state index in [-0.39, 0.29) is 18.3 Å². The van der Waals surface area contributed by atoms with E-state index < -0.39 is 5.91 Å². The second-order valence-corrected chi connectivity index (χ2v) is 4.29. The van der Waals surface area contributed by atoms with E-state index in [9.17, 15) is 9.59 Å². The maximum atomic E-state index is 11.5. The van der Waals surface area contributed by atoms with E-state index in [4.69, 9.17) is 15.2 Å². The summed E-state index contributed by atoms with van der Waals surface area (Å²) in [6.07, 6.45) is 1.90. The molecule has 1 aliphatic carbocycles. The monoisotopic (exact) mass is 249 g/mol. The normalized spacial score (nSPS) is 14.1. The lowest BCUT2D eigenvalue weighted by Gasteiger charge is -2.08. The topological polar surface area (TPSA) is 78.6 Å². The van der Waals surface area contributed by atoms with E-state index in [0.717, 1.165) is 12.8 Å². The van der Waals surface area contributed by atoms with Crippen LogP contribution in [0.4, 0.5) is 0 Å². The highest BCUT2D eigenvalue weighted by atomic mass is 16.5. The Morgan fingerprint density at radius 3 is 2.50 bits per heavy atom. The molecule has 0 bridgehead atoms. The van der Waals surface area contributed by atoms with Crippen molar-refractivity contribution < 1.29 is 19.1 Å². The molecular weight excluding hydrogens is 234 g/mol. The third kappa shape index (κ3) is 3.00. The van der Waals surface area contributed by atoms with E-state index in [1.807, 2.05) is 0 Å². The number of hydrogen-bond donors (Lipinski definition) is 1. The van der Waals surface area contributed by atoms with Crippen molar-refractivity contribution in [3.63, 3.8) is 0 Å². The van der Waals surface area contributed by atoms with Crippen LogP contribution in [0.1, 0.15) is 23.2 Å². The quantitative estimate of drug-likeness (QED) is 0.820. The van der Waals surface area contributed by atoms with Gasteiger partial charge in [-0.25, -0.2) is 0 Å². The number of primary amides is 1. The molecule has 1 aromatic rings. The van der Waals surface area contributed by atoms with E-state index in [0.29, 0.717) is 17.1 Å². The number of methoxy groups -OCH3 is 1. The van der Waals surface area contributed by atoms with Crippen molar-refractivity contribution in [2.75, 3.05) is 13.7 Å². The van der Waals surface area contributed by atoms with Gasteiger partial charge in [-0.3, -0.25) is 9.59 Å². The van der Waals surface area contributed by atoms with Gasteiger partial charge in [-0.2, -0.15) is 0 Å². The molecule has 0 radical (unpaired) electrons. The van der Waals surface area contributed by atoms with E-state index in [2.05, 4.69) is 0 Å². The number of amides is 1. The third-order valence-electron chi connectivity index (χ3n) is 2.81. The molecule has 0 atom stereocenters. The summed E-state index contributed by atoms with van der Waals surface area (Å²) in [4.78, 5) is 22.6. The Bertz CT molecular complexity index is 480. The van der Waals surface area contributed by atoms with Gasteiger partial charge < -0.3 is 15.2 Å². The van der Waals surface area contributed by atoms with Gasteiger partial charge >= 0.3 is 0 Å². The predicted octanol–water partition coefficient (Wildman–Crippen LogP) is 1.15. The molecule has 0 saturated heterocycles. The Morgan fingerprint density at radius 1 is 1.28 bits per heavy atom. The molecule has 1 aromatic carbocycles. The molecule has 0 heterocycles. The highest BCUT2D eigenvalue weighted by Crippen LogP contribution is 2.30. The Morgan fingerprint density at radius 2 is 1.94 bits per heavy atom. The molecule has 18 heavy (non-hydrogen) atoms. The van der Waals surface area contributed by atoms with E-state index in [1.165, 1.54) is 19.2 Å². The molecule has 2 rings (SSSR count). The zero-order valence-electron chi connectivity index (χ0n) is 10.1. The molecule has 1 fully saturated rings. The number of ketones is 1. The Kier molecular flexibility index (Phi) is 3.50. The van der Waals surface area contributed by atoms with Gasteiger partial charge in [0.05, 0.1) is 7.11 Å². The number of rotatable bonds is 6. The van der Waals surface area contributed by atoms with Crippen molar-refractivity contribution in [3.05, 3.63) is 23.8 Å². The lowest BCUT2D eigenvalue weighted by molar-refractivity contribution is -0.122. The molecular formula is C13H15NO4. The largest absolute Gasteiger partial charge is 0.497 e. The maximum absolute atomic E-state index is 11.5. The minimum absolute atomic E-state index is 0.0238. The number of ether oxygens (including phenoxy) is 2. The Balaban J connectivity index is 2.08. The van der Waals surface area contributed by atoms with Crippen LogP contribution in [0.3, 0.4) is 0 Å². The lowest BCUT2D eigenvalue weighted by Crippen LogP contribution is -2.14. The van der Waals surface area contributed by atoms with Crippen LogP contribution in [-0.2, 0) is 4.79 Å². The standard InChI is InChI=1S/C13H15NO4/c1-17-10-4-9(13(14)16)5-11(6-10)18-7-12(15)8-2-3-8/h4-6,8H,2-3,7H2,1H3,(H2,14,16). The van der Waals surface area contributed by atoms with Crippen LogP contribution in [-0.4, -0.2) is 25.4 Å². The fraction of sp³-hybridized carbons (Fsp3) is 0.385. The van der Waals surface area contributed by atoms with Crippen molar-refractivity contribution in [2.45, 2.75) is 12.8 Å². The molecule has 0 aromatic heterocycles. The summed E-state index contributed by atoms with van der Waals surface area (Å²) in [5, 5.41) is 0. The first-order valence-electron chi connectivity index (χ1n) is 5.74. The van der Waals surface area contributed by atoms with Crippen LogP contribution in [0, 0.1) is 5.92 Å². The smallest absolute Gasteiger partial charge is 0.248 e. The summed E-state index contributed by atoms with van der Waals surface area (Å²) in [7, 11) is 1.49. The molecule has 5 heteroatoms. The van der Waals surface area contributed by atoms with Crippen molar-refractivity contribution >= 4 is 11.7 Å². The fourth-order valence-corrected chi connectivity index (χ4v) is 1.59. The van der Waals surface area contributed by atoms with Crippen LogP contribution < -0.4 is 15.2 Å². The minimum Gasteiger partial charge on any atom is -0.497 e. The Labute approximate surface area is 105 Å². The highest BCUT2D eigenvalue weighted by molar-refractivity contribution is 5.93. The van der Waals surface area contributed by atoms with Crippen LogP contribution >= 0.6 is 0 Å². The SMILES string of the molecule is COc1cc(OCC(=O)C2CC2)cc(C(N)=O)c1. The van der Waals surface area contributed by atoms with Gasteiger partial charge in [-0.05, 0) is 25.0 Å². The molecule has 0 unspecified atom stereocenters. The number of nitrogens with two attached hydrogens (primary N) is 1. The molecule has 0 aliphatic heterocycles. The number of carbonyl (C=O) groups excluding carboxylic acids is 2. The summed E-state index contributed by atoms with van der Waals surface area (Å²) < 4.78 is 10.4. The highest BCUT2D eigenvalue weighted by Gasteiger charge is 2.29. The van der Waals surface area contributed by atoms with Gasteiger partial charge in [-0.15, -0.1) is 0 Å². The summed E-state index contributed by atoms with van der Waals surface area (Å²) in [5.74, 6) is 0.578. The van der Waals surface area contributed by atoms with Gasteiger partial charge in [0.2, 0.25) is 5.91 Å². The van der Waals surface area contributed by atoms with Gasteiger partial charge in [0, 0.05) is 17.5 Å². The molecule has 0 spiro atoms. The first-order chi connectivity index (χ1) is 8.60. The molecule has 1 saturated carbocycles. The third-order valence-corrected chi connectivity index (χ3v) is 2.81. The molecule has 1 aliphatic rings. The zero-order valence-corrected chi connectivity index (χ0v) is 10.1. The first kappa shape index (κ1) is 12.4. The number of Topliss-reactive ketones (excluding diaryl/α,β-unsaturated/α-hetero) is 1. The van der Waals surface area contributed by atoms with Crippen LogP contribution in [0.5, 0.6) is 11.5 Å². The predicted molar refractivity (Wildman–Crippen MR) is 64.7 cm³/mol. The second-order valence-electron chi connectivity index (χ2n) is 4.29. The summed E-state index contributed by atoms with van der Waals surface area (Å²) in [6, 6.07) is 4.65. The van der Waals surface area contributed by atoms with Gasteiger partial charge in [0.15, 0.2) is 5.78 Å². The molecule has 1 amide bonds. The fourth-order valence-electron chi connectivity index (χ4n) is 1.59. The number of benzene rings is 1. The number of carbonyl (C=O) groups is 2. The maximum Gasteiger partial charge on any atom is 0.248 e. The summed E-state index contributed by atoms with van der Waals surface area (Å²) >= 11 is 0. The van der Waals surface area contributed by atoms with Gasteiger partial charge in [0.1, 0.15) is 18.1 Å². The number of hydrogen-bond acceptors (Lipinski definition) is 4. The van der Waals surface area contributed by atoms with Crippen molar-refractivity contribution in [1.82, 2.24) is 0 Å². The molecule has 5 nitrogen and oxygen atoms in total. The minimum atomic E-state index is -0.563.